The van der Waals surface area contributed by atoms with Crippen LogP contribution in [0.5, 0.6) is 0 Å². The zero-order chi connectivity index (χ0) is 21.3. The summed E-state index contributed by atoms with van der Waals surface area (Å²) in [6, 6.07) is 16.9. The van der Waals surface area contributed by atoms with Crippen molar-refractivity contribution in [1.82, 2.24) is 4.90 Å². The second-order valence-corrected chi connectivity index (χ2v) is 7.10. The second-order valence-electron chi connectivity index (χ2n) is 7.10. The Bertz CT molecular complexity index is 1050. The third-order valence-electron chi connectivity index (χ3n) is 5.19. The van der Waals surface area contributed by atoms with Crippen LogP contribution in [0.15, 0.2) is 72.8 Å². The van der Waals surface area contributed by atoms with E-state index in [-0.39, 0.29) is 0 Å². The molecule has 0 aromatic heterocycles. The quantitative estimate of drug-likeness (QED) is 0.511. The molecule has 1 aliphatic heterocycles. The Morgan fingerprint density at radius 2 is 1.60 bits per heavy atom. The summed E-state index contributed by atoms with van der Waals surface area (Å²) in [6.45, 7) is 0.399. The van der Waals surface area contributed by atoms with Crippen LogP contribution >= 0.6 is 0 Å². The van der Waals surface area contributed by atoms with Crippen LogP contribution < -0.4 is 5.32 Å². The highest BCUT2D eigenvalue weighted by atomic mass is 19.4. The number of carbonyl (C=O) groups is 1. The number of hydrogen-bond acceptors (Lipinski definition) is 1. The molecular weight excluding hydrogens is 396 g/mol. The molecule has 1 N–H and O–H groups in total. The van der Waals surface area contributed by atoms with Crippen molar-refractivity contribution < 1.29 is 22.4 Å². The van der Waals surface area contributed by atoms with Gasteiger partial charge in [-0.25, -0.2) is 9.18 Å². The average Bonchev–Trinajstić information content (AvgIpc) is 2.74. The smallest absolute Gasteiger partial charge is 0.313 e. The van der Waals surface area contributed by atoms with E-state index in [1.165, 1.54) is 36.4 Å². The summed E-state index contributed by atoms with van der Waals surface area (Å²) in [5, 5.41) is 2.75. The molecule has 0 bridgehead atoms. The van der Waals surface area contributed by atoms with E-state index in [9.17, 15) is 22.4 Å². The maximum Gasteiger partial charge on any atom is 0.416 e. The first-order valence-corrected chi connectivity index (χ1v) is 9.41. The molecule has 0 aliphatic carbocycles. The van der Waals surface area contributed by atoms with Gasteiger partial charge in [-0.15, -0.1) is 0 Å². The first-order chi connectivity index (χ1) is 14.3. The van der Waals surface area contributed by atoms with Crippen LogP contribution in [-0.2, 0) is 12.6 Å². The van der Waals surface area contributed by atoms with Crippen LogP contribution in [-0.4, -0.2) is 17.5 Å². The predicted octanol–water partition coefficient (Wildman–Crippen LogP) is 6.02. The van der Waals surface area contributed by atoms with Gasteiger partial charge in [-0.1, -0.05) is 36.4 Å². The highest BCUT2D eigenvalue weighted by Crippen LogP contribution is 2.37. The highest BCUT2D eigenvalue weighted by Gasteiger charge is 2.34. The van der Waals surface area contributed by atoms with Gasteiger partial charge in [-0.3, -0.25) is 0 Å². The molecule has 30 heavy (non-hydrogen) atoms. The van der Waals surface area contributed by atoms with Gasteiger partial charge in [-0.05, 0) is 59.5 Å². The minimum Gasteiger partial charge on any atom is -0.313 e. The van der Waals surface area contributed by atoms with Crippen molar-refractivity contribution in [3.05, 3.63) is 101 Å². The van der Waals surface area contributed by atoms with E-state index in [0.29, 0.717) is 24.2 Å². The van der Waals surface area contributed by atoms with Crippen LogP contribution in [0.2, 0.25) is 0 Å². The Morgan fingerprint density at radius 1 is 0.933 bits per heavy atom. The minimum atomic E-state index is -4.43. The van der Waals surface area contributed by atoms with Crippen molar-refractivity contribution in [1.29, 1.82) is 0 Å². The molecule has 0 saturated heterocycles. The maximum absolute atomic E-state index is 13.1. The summed E-state index contributed by atoms with van der Waals surface area (Å²) in [6.07, 6.45) is -3.80. The number of hydrogen-bond donors (Lipinski definition) is 1. The lowest BCUT2D eigenvalue weighted by molar-refractivity contribution is -0.137. The molecule has 0 unspecified atom stereocenters. The van der Waals surface area contributed by atoms with Gasteiger partial charge in [0.15, 0.2) is 0 Å². The van der Waals surface area contributed by atoms with Crippen LogP contribution in [0, 0.1) is 5.82 Å². The number of carbonyl (C=O) groups excluding carboxylic acids is 1. The third-order valence-corrected chi connectivity index (χ3v) is 5.19. The number of nitrogens with zero attached hydrogens (tertiary/aromatic N) is 1. The Labute approximate surface area is 170 Å². The molecule has 0 fully saturated rings. The summed E-state index contributed by atoms with van der Waals surface area (Å²) >= 11 is 0. The number of halogens is 4. The van der Waals surface area contributed by atoms with Gasteiger partial charge >= 0.3 is 12.2 Å². The maximum atomic E-state index is 13.1. The minimum absolute atomic E-state index is 0.399. The Hall–Kier alpha value is -3.35. The molecule has 1 heterocycles. The zero-order valence-corrected chi connectivity index (χ0v) is 15.8. The van der Waals surface area contributed by atoms with Crippen molar-refractivity contribution in [2.45, 2.75) is 18.6 Å². The van der Waals surface area contributed by atoms with Gasteiger partial charge < -0.3 is 10.2 Å². The van der Waals surface area contributed by atoms with E-state index < -0.39 is 29.6 Å². The Kier molecular flexibility index (Phi) is 5.20. The summed E-state index contributed by atoms with van der Waals surface area (Å²) in [7, 11) is 0. The summed E-state index contributed by atoms with van der Waals surface area (Å²) in [5.74, 6) is -0.414. The normalized spacial score (nSPS) is 16.1. The Balaban J connectivity index is 1.68. The number of rotatable bonds is 2. The number of anilines is 1. The number of nitrogens with one attached hydrogen (secondary N) is 1. The average molecular weight is 414 g/mol. The van der Waals surface area contributed by atoms with Crippen molar-refractivity contribution in [3.63, 3.8) is 0 Å². The number of benzene rings is 3. The fourth-order valence-electron chi connectivity index (χ4n) is 3.73. The van der Waals surface area contributed by atoms with Crippen molar-refractivity contribution in [3.8, 4) is 0 Å². The van der Waals surface area contributed by atoms with Crippen LogP contribution in [0.1, 0.15) is 28.3 Å². The molecule has 3 aromatic carbocycles. The Morgan fingerprint density at radius 3 is 2.27 bits per heavy atom. The molecule has 7 heteroatoms. The molecule has 1 aliphatic rings. The van der Waals surface area contributed by atoms with E-state index in [0.717, 1.165) is 23.3 Å². The molecule has 0 spiro atoms. The van der Waals surface area contributed by atoms with Crippen molar-refractivity contribution in [2.24, 2.45) is 0 Å². The lowest BCUT2D eigenvalue weighted by Crippen LogP contribution is -2.43. The molecular formula is C23H18F4N2O. The first kappa shape index (κ1) is 19.9. The molecule has 3 aromatic rings. The summed E-state index contributed by atoms with van der Waals surface area (Å²) < 4.78 is 52.1. The second kappa shape index (κ2) is 7.82. The van der Waals surface area contributed by atoms with E-state index in [1.54, 1.807) is 4.90 Å². The van der Waals surface area contributed by atoms with Crippen LogP contribution in [0.25, 0.3) is 0 Å². The molecule has 154 valence electrons. The molecule has 2 amide bonds. The number of alkyl halides is 3. The van der Waals surface area contributed by atoms with E-state index in [1.807, 2.05) is 24.3 Å². The molecule has 0 radical (unpaired) electrons. The van der Waals surface area contributed by atoms with E-state index in [4.69, 9.17) is 0 Å². The van der Waals surface area contributed by atoms with Gasteiger partial charge in [0, 0.05) is 12.2 Å². The standard InChI is InChI=1S/C23H18F4N2O/c24-18-9-11-19(12-10-18)28-22(30)29-14-13-15-3-1-2-4-20(15)21(29)16-5-7-17(8-6-16)23(25,26)27/h1-12,21H,13-14H2,(H,28,30)/t21-/m1/s1. The largest absolute Gasteiger partial charge is 0.416 e. The predicted molar refractivity (Wildman–Crippen MR) is 106 cm³/mol. The summed E-state index contributed by atoms with van der Waals surface area (Å²) in [4.78, 5) is 14.6. The SMILES string of the molecule is O=C(Nc1ccc(F)cc1)N1CCc2ccccc2[C@H]1c1ccc(C(F)(F)F)cc1. The molecule has 1 atom stereocenters. The fraction of sp³-hybridized carbons (Fsp3) is 0.174. The van der Waals surface area contributed by atoms with Gasteiger partial charge in [0.25, 0.3) is 0 Å². The number of fused-ring (bicyclic) bond motifs is 1. The van der Waals surface area contributed by atoms with Crippen molar-refractivity contribution >= 4 is 11.7 Å². The van der Waals surface area contributed by atoms with Gasteiger partial charge in [0.05, 0.1) is 11.6 Å². The first-order valence-electron chi connectivity index (χ1n) is 9.41. The third kappa shape index (κ3) is 4.01. The summed E-state index contributed by atoms with van der Waals surface area (Å²) in [5.41, 5.74) is 2.21. The highest BCUT2D eigenvalue weighted by molar-refractivity contribution is 5.90. The molecule has 3 nitrogen and oxygen atoms in total. The zero-order valence-electron chi connectivity index (χ0n) is 15.8. The van der Waals surface area contributed by atoms with Crippen LogP contribution in [0.3, 0.4) is 0 Å². The topological polar surface area (TPSA) is 32.3 Å². The van der Waals surface area contributed by atoms with Gasteiger partial charge in [-0.2, -0.15) is 13.2 Å². The van der Waals surface area contributed by atoms with Crippen molar-refractivity contribution in [2.75, 3.05) is 11.9 Å². The lowest BCUT2D eigenvalue weighted by Gasteiger charge is -2.37. The van der Waals surface area contributed by atoms with E-state index in [2.05, 4.69) is 5.32 Å². The van der Waals surface area contributed by atoms with Gasteiger partial charge in [0.2, 0.25) is 0 Å². The fourth-order valence-corrected chi connectivity index (χ4v) is 3.73. The molecule has 0 saturated carbocycles. The van der Waals surface area contributed by atoms with E-state index >= 15 is 0 Å². The lowest BCUT2D eigenvalue weighted by atomic mass is 9.88. The monoisotopic (exact) mass is 414 g/mol. The van der Waals surface area contributed by atoms with Crippen LogP contribution in [0.4, 0.5) is 28.0 Å². The van der Waals surface area contributed by atoms with Gasteiger partial charge in [0.1, 0.15) is 5.82 Å². The number of urea groups is 1. The molecule has 4 rings (SSSR count). The number of amides is 2.